The Morgan fingerprint density at radius 2 is 1.77 bits per heavy atom. The van der Waals surface area contributed by atoms with Crippen LogP contribution in [0, 0.1) is 5.82 Å². The molecular weight excluding hydrogens is 275 g/mol. The molecule has 0 aliphatic carbocycles. The molecular formula is C7H2BrClF4. The van der Waals surface area contributed by atoms with E-state index in [0.717, 1.165) is 0 Å². The van der Waals surface area contributed by atoms with Crippen molar-refractivity contribution in [3.8, 4) is 0 Å². The molecule has 0 unspecified atom stereocenters. The second kappa shape index (κ2) is 3.46. The van der Waals surface area contributed by atoms with Crippen molar-refractivity contribution in [3.63, 3.8) is 0 Å². The number of rotatable bonds is 0. The van der Waals surface area contributed by atoms with Crippen LogP contribution in [0.25, 0.3) is 0 Å². The first-order valence-corrected chi connectivity index (χ1v) is 4.21. The van der Waals surface area contributed by atoms with Crippen LogP contribution in [-0.2, 0) is 6.18 Å². The molecule has 0 saturated heterocycles. The zero-order valence-electron chi connectivity index (χ0n) is 5.92. The second-order valence-corrected chi connectivity index (χ2v) is 3.45. The number of halogens is 6. The van der Waals surface area contributed by atoms with Crippen LogP contribution in [-0.4, -0.2) is 0 Å². The fourth-order valence-corrected chi connectivity index (χ4v) is 1.16. The molecule has 0 spiro atoms. The van der Waals surface area contributed by atoms with E-state index in [1.165, 1.54) is 0 Å². The second-order valence-electron chi connectivity index (χ2n) is 2.25. The third kappa shape index (κ3) is 2.34. The molecule has 0 N–H and O–H groups in total. The Bertz CT molecular complexity index is 311. The first-order valence-electron chi connectivity index (χ1n) is 3.04. The van der Waals surface area contributed by atoms with E-state index in [4.69, 9.17) is 11.6 Å². The lowest BCUT2D eigenvalue weighted by molar-refractivity contribution is -0.137. The molecule has 13 heavy (non-hydrogen) atoms. The van der Waals surface area contributed by atoms with E-state index in [9.17, 15) is 17.6 Å². The van der Waals surface area contributed by atoms with Crippen LogP contribution in [0.3, 0.4) is 0 Å². The molecule has 0 aliphatic heterocycles. The fraction of sp³-hybridized carbons (Fsp3) is 0.143. The van der Waals surface area contributed by atoms with E-state index in [1.807, 2.05) is 0 Å². The highest BCUT2D eigenvalue weighted by Gasteiger charge is 2.31. The molecule has 0 radical (unpaired) electrons. The number of benzene rings is 1. The van der Waals surface area contributed by atoms with Gasteiger partial charge in [0.1, 0.15) is 5.82 Å². The Morgan fingerprint density at radius 1 is 1.23 bits per heavy atom. The molecule has 0 saturated carbocycles. The van der Waals surface area contributed by atoms with Crippen LogP contribution >= 0.6 is 27.5 Å². The summed E-state index contributed by atoms with van der Waals surface area (Å²) < 4.78 is 48.7. The summed E-state index contributed by atoms with van der Waals surface area (Å²) in [6.45, 7) is 0. The maximum Gasteiger partial charge on any atom is 0.416 e. The smallest absolute Gasteiger partial charge is 0.206 e. The molecule has 0 aliphatic rings. The Kier molecular flexibility index (Phi) is 2.87. The van der Waals surface area contributed by atoms with Gasteiger partial charge in [-0.3, -0.25) is 0 Å². The van der Waals surface area contributed by atoms with Crippen molar-refractivity contribution in [2.45, 2.75) is 6.18 Å². The van der Waals surface area contributed by atoms with Crippen LogP contribution in [0.4, 0.5) is 17.6 Å². The van der Waals surface area contributed by atoms with Crippen molar-refractivity contribution in [3.05, 3.63) is 33.0 Å². The Labute approximate surface area is 84.6 Å². The minimum Gasteiger partial charge on any atom is -0.206 e. The number of hydrogen-bond donors (Lipinski definition) is 0. The van der Waals surface area contributed by atoms with Gasteiger partial charge in [-0.1, -0.05) is 11.6 Å². The first kappa shape index (κ1) is 10.8. The summed E-state index contributed by atoms with van der Waals surface area (Å²) in [4.78, 5) is 0. The van der Waals surface area contributed by atoms with Crippen molar-refractivity contribution >= 4 is 27.5 Å². The van der Waals surface area contributed by atoms with Gasteiger partial charge in [-0.15, -0.1) is 0 Å². The number of hydrogen-bond acceptors (Lipinski definition) is 0. The van der Waals surface area contributed by atoms with Crippen LogP contribution in [0.2, 0.25) is 5.02 Å². The van der Waals surface area contributed by atoms with Crippen molar-refractivity contribution in [1.82, 2.24) is 0 Å². The quantitative estimate of drug-likeness (QED) is 0.491. The fourth-order valence-electron chi connectivity index (χ4n) is 0.719. The van der Waals surface area contributed by atoms with Gasteiger partial charge in [-0.05, 0) is 28.1 Å². The summed E-state index contributed by atoms with van der Waals surface area (Å²) in [5.41, 5.74) is -1.10. The monoisotopic (exact) mass is 276 g/mol. The molecule has 0 amide bonds. The van der Waals surface area contributed by atoms with E-state index in [-0.39, 0.29) is 9.50 Å². The Balaban J connectivity index is 3.29. The minimum atomic E-state index is -4.58. The van der Waals surface area contributed by atoms with Crippen LogP contribution in [0.15, 0.2) is 16.6 Å². The van der Waals surface area contributed by atoms with Gasteiger partial charge in [0.15, 0.2) is 0 Å². The molecule has 0 fully saturated rings. The van der Waals surface area contributed by atoms with Crippen molar-refractivity contribution < 1.29 is 17.6 Å². The minimum absolute atomic E-state index is 0.165. The van der Waals surface area contributed by atoms with E-state index in [0.29, 0.717) is 12.1 Å². The summed E-state index contributed by atoms with van der Waals surface area (Å²) in [6, 6.07) is 1.05. The summed E-state index contributed by atoms with van der Waals surface area (Å²) in [5, 5.41) is -0.299. The SMILES string of the molecule is Fc1cc(C(F)(F)F)cc(Cl)c1Br. The van der Waals surface area contributed by atoms with E-state index in [1.54, 1.807) is 0 Å². The third-order valence-electron chi connectivity index (χ3n) is 1.31. The summed E-state index contributed by atoms with van der Waals surface area (Å²) in [7, 11) is 0. The lowest BCUT2D eigenvalue weighted by Gasteiger charge is -2.07. The molecule has 0 aromatic heterocycles. The number of alkyl halides is 3. The van der Waals surface area contributed by atoms with Crippen LogP contribution in [0.1, 0.15) is 5.56 Å². The van der Waals surface area contributed by atoms with Gasteiger partial charge < -0.3 is 0 Å². The zero-order valence-corrected chi connectivity index (χ0v) is 8.26. The average molecular weight is 277 g/mol. The summed E-state index contributed by atoms with van der Waals surface area (Å²) >= 11 is 8.04. The predicted octanol–water partition coefficient (Wildman–Crippen LogP) is 4.26. The van der Waals surface area contributed by atoms with Crippen molar-refractivity contribution in [1.29, 1.82) is 0 Å². The van der Waals surface area contributed by atoms with E-state index in [2.05, 4.69) is 15.9 Å². The van der Waals surface area contributed by atoms with Gasteiger partial charge in [-0.25, -0.2) is 4.39 Å². The molecule has 1 rings (SSSR count). The highest BCUT2D eigenvalue weighted by molar-refractivity contribution is 9.10. The molecule has 0 heterocycles. The lowest BCUT2D eigenvalue weighted by Crippen LogP contribution is -2.05. The maximum atomic E-state index is 12.7. The van der Waals surface area contributed by atoms with Crippen molar-refractivity contribution in [2.75, 3.05) is 0 Å². The Hall–Kier alpha value is -0.290. The highest BCUT2D eigenvalue weighted by Crippen LogP contribution is 2.35. The molecule has 6 heteroatoms. The molecule has 0 nitrogen and oxygen atoms in total. The normalized spacial score (nSPS) is 11.8. The molecule has 72 valence electrons. The van der Waals surface area contributed by atoms with Gasteiger partial charge in [0, 0.05) is 0 Å². The summed E-state index contributed by atoms with van der Waals surface area (Å²) in [6.07, 6.45) is -4.58. The molecule has 1 aromatic carbocycles. The van der Waals surface area contributed by atoms with Gasteiger partial charge in [-0.2, -0.15) is 13.2 Å². The largest absolute Gasteiger partial charge is 0.416 e. The standard InChI is InChI=1S/C7H2BrClF4/c8-6-4(9)1-3(2-5(6)10)7(11,12)13/h1-2H. The third-order valence-corrected chi connectivity index (χ3v) is 2.64. The topological polar surface area (TPSA) is 0 Å². The summed E-state index contributed by atoms with van der Waals surface area (Å²) in [5.74, 6) is -1.03. The molecule has 1 aromatic rings. The predicted molar refractivity (Wildman–Crippen MR) is 44.1 cm³/mol. The molecule has 0 atom stereocenters. The molecule has 0 bridgehead atoms. The maximum absolute atomic E-state index is 12.7. The van der Waals surface area contributed by atoms with Crippen LogP contribution < -0.4 is 0 Å². The van der Waals surface area contributed by atoms with Gasteiger partial charge in [0.25, 0.3) is 0 Å². The average Bonchev–Trinajstić information content (AvgIpc) is 1.97. The van der Waals surface area contributed by atoms with E-state index >= 15 is 0 Å². The van der Waals surface area contributed by atoms with Crippen LogP contribution in [0.5, 0.6) is 0 Å². The lowest BCUT2D eigenvalue weighted by atomic mass is 10.2. The van der Waals surface area contributed by atoms with Gasteiger partial charge in [0.2, 0.25) is 0 Å². The van der Waals surface area contributed by atoms with E-state index < -0.39 is 17.6 Å². The van der Waals surface area contributed by atoms with Crippen molar-refractivity contribution in [2.24, 2.45) is 0 Å². The Morgan fingerprint density at radius 3 is 2.15 bits per heavy atom. The zero-order chi connectivity index (χ0) is 10.2. The first-order chi connectivity index (χ1) is 5.82. The van der Waals surface area contributed by atoms with Gasteiger partial charge in [0.05, 0.1) is 15.1 Å². The highest BCUT2D eigenvalue weighted by atomic mass is 79.9. The van der Waals surface area contributed by atoms with Gasteiger partial charge >= 0.3 is 6.18 Å².